The molecule has 0 aliphatic carbocycles. The van der Waals surface area contributed by atoms with Crippen molar-refractivity contribution < 1.29 is 4.79 Å². The minimum Gasteiger partial charge on any atom is -0.359 e. The van der Waals surface area contributed by atoms with Crippen LogP contribution in [0.5, 0.6) is 0 Å². The maximum absolute atomic E-state index is 9.70. The van der Waals surface area contributed by atoms with Crippen LogP contribution in [0.2, 0.25) is 0 Å². The molecule has 0 aliphatic rings. The summed E-state index contributed by atoms with van der Waals surface area (Å²) in [4.78, 5) is 21.5. The number of pyridine rings is 3. The van der Waals surface area contributed by atoms with E-state index in [2.05, 4.69) is 32.4 Å². The molecule has 0 fully saturated rings. The summed E-state index contributed by atoms with van der Waals surface area (Å²) in [6, 6.07) is 23.5. The zero-order valence-corrected chi connectivity index (χ0v) is 25.6. The third-order valence-corrected chi connectivity index (χ3v) is 3.00. The molecule has 1 aromatic carbocycles. The second-order valence-corrected chi connectivity index (χ2v) is 5.05. The number of aromatic nitrogens is 3. The fourth-order valence-electron chi connectivity index (χ4n) is 1.64. The van der Waals surface area contributed by atoms with Crippen LogP contribution in [-0.2, 0) is 4.79 Å². The van der Waals surface area contributed by atoms with Gasteiger partial charge >= 0.3 is 0 Å². The molecular weight excluding hydrogens is 456 g/mol. The first-order valence-electron chi connectivity index (χ1n) is 13.4. The first-order valence-corrected chi connectivity index (χ1v) is 13.4. The molecule has 5 heteroatoms. The largest absolute Gasteiger partial charge is 0.359 e. The second-order valence-electron chi connectivity index (χ2n) is 5.05. The topological polar surface area (TPSA) is 67.8 Å². The average Bonchev–Trinajstić information content (AvgIpc) is 3.05. The van der Waals surface area contributed by atoms with Crippen LogP contribution in [-0.4, -0.2) is 27.9 Å². The average molecular weight is 511 g/mol. The molecule has 5 nitrogen and oxygen atoms in total. The summed E-state index contributed by atoms with van der Waals surface area (Å²) < 4.78 is 0. The maximum atomic E-state index is 9.70. The van der Waals surface area contributed by atoms with E-state index in [0.717, 1.165) is 5.52 Å². The van der Waals surface area contributed by atoms with Crippen LogP contribution in [0, 0.1) is 0 Å². The van der Waals surface area contributed by atoms with E-state index in [4.69, 9.17) is 0 Å². The summed E-state index contributed by atoms with van der Waals surface area (Å²) >= 11 is 0. The molecule has 0 saturated carbocycles. The highest BCUT2D eigenvalue weighted by Gasteiger charge is 1.86. The van der Waals surface area contributed by atoms with Crippen LogP contribution >= 0.6 is 0 Å². The fourth-order valence-corrected chi connectivity index (χ4v) is 1.64. The Bertz CT molecular complexity index is 707. The number of hydrogen-bond acceptors (Lipinski definition) is 4. The SMILES string of the molecule is CC.CC.CC.CC.CC.CNC(C)=O.c1ccc2ncccc2c1.c1ccncc1.c1ccncc1. The lowest BCUT2D eigenvalue weighted by Gasteiger charge is -1.91. The number of amides is 1. The van der Waals surface area contributed by atoms with E-state index in [1.807, 2.05) is 136 Å². The molecule has 37 heavy (non-hydrogen) atoms. The minimum absolute atomic E-state index is 0.00463. The standard InChI is InChI=1S/C9H7N.2C5H5N.C3H7NO.5C2H6/c1-2-6-9-8(4-1)5-3-7-10-9;2*1-2-4-6-5-3-1;1-3(5)4-2;5*1-2/h1-7H;2*1-5H;1-2H3,(H,4,5);5*1-2H3. The lowest BCUT2D eigenvalue weighted by Crippen LogP contribution is -2.11. The van der Waals surface area contributed by atoms with Crippen molar-refractivity contribution in [3.63, 3.8) is 0 Å². The molecule has 1 N–H and O–H groups in total. The Morgan fingerprint density at radius 2 is 0.892 bits per heavy atom. The van der Waals surface area contributed by atoms with E-state index in [-0.39, 0.29) is 5.91 Å². The van der Waals surface area contributed by atoms with Crippen molar-refractivity contribution in [1.29, 1.82) is 0 Å². The molecule has 0 spiro atoms. The van der Waals surface area contributed by atoms with Crippen molar-refractivity contribution in [1.82, 2.24) is 20.3 Å². The Morgan fingerprint density at radius 1 is 0.541 bits per heavy atom. The van der Waals surface area contributed by atoms with E-state index >= 15 is 0 Å². The van der Waals surface area contributed by atoms with Crippen molar-refractivity contribution in [3.8, 4) is 0 Å². The molecule has 0 aliphatic heterocycles. The van der Waals surface area contributed by atoms with Crippen molar-refractivity contribution in [2.75, 3.05) is 7.05 Å². The first kappa shape index (κ1) is 43.5. The van der Waals surface area contributed by atoms with Gasteiger partial charge in [-0.3, -0.25) is 19.7 Å². The Kier molecular flexibility index (Phi) is 53.9. The molecule has 4 aromatic rings. The normalized spacial score (nSPS) is 7.03. The fraction of sp³-hybridized carbons (Fsp3) is 0.375. The second kappa shape index (κ2) is 45.8. The molecule has 0 saturated heterocycles. The summed E-state index contributed by atoms with van der Waals surface area (Å²) in [5, 5.41) is 3.59. The van der Waals surface area contributed by atoms with Crippen LogP contribution in [0.25, 0.3) is 10.9 Å². The minimum atomic E-state index is 0.00463. The molecular formula is C32H54N4O. The Balaban J connectivity index is -0.000000113. The first-order chi connectivity index (χ1) is 18.2. The van der Waals surface area contributed by atoms with Gasteiger partial charge in [-0.05, 0) is 36.4 Å². The number of fused-ring (bicyclic) bond motifs is 1. The smallest absolute Gasteiger partial charge is 0.216 e. The number of nitrogens with zero attached hydrogens (tertiary/aromatic N) is 3. The van der Waals surface area contributed by atoms with Gasteiger partial charge in [0.05, 0.1) is 5.52 Å². The Hall–Kier alpha value is -3.60. The molecule has 208 valence electrons. The molecule has 0 radical (unpaired) electrons. The highest BCUT2D eigenvalue weighted by molar-refractivity contribution is 5.77. The molecule has 0 unspecified atom stereocenters. The predicted octanol–water partition coefficient (Wildman–Crippen LogP) is 9.28. The zero-order chi connectivity index (χ0) is 29.6. The summed E-state index contributed by atoms with van der Waals surface area (Å²) in [7, 11) is 1.60. The van der Waals surface area contributed by atoms with Crippen molar-refractivity contribution in [3.05, 3.63) is 104 Å². The molecule has 0 atom stereocenters. The maximum Gasteiger partial charge on any atom is 0.216 e. The van der Waals surface area contributed by atoms with Crippen molar-refractivity contribution in [2.45, 2.75) is 76.2 Å². The summed E-state index contributed by atoms with van der Waals surface area (Å²) in [5.74, 6) is 0.00463. The number of nitrogens with one attached hydrogen (secondary N) is 1. The lowest BCUT2D eigenvalue weighted by molar-refractivity contribution is -0.118. The number of rotatable bonds is 0. The van der Waals surface area contributed by atoms with Gasteiger partial charge in [-0.2, -0.15) is 0 Å². The van der Waals surface area contributed by atoms with Gasteiger partial charge in [0, 0.05) is 50.3 Å². The zero-order valence-electron chi connectivity index (χ0n) is 25.6. The van der Waals surface area contributed by atoms with Gasteiger partial charge in [0.15, 0.2) is 0 Å². The quantitative estimate of drug-likeness (QED) is 0.256. The molecule has 4 rings (SSSR count). The van der Waals surface area contributed by atoms with E-state index in [0.29, 0.717) is 0 Å². The molecule has 0 bridgehead atoms. The molecule has 3 heterocycles. The monoisotopic (exact) mass is 510 g/mol. The third-order valence-electron chi connectivity index (χ3n) is 3.00. The van der Waals surface area contributed by atoms with Gasteiger partial charge < -0.3 is 5.32 Å². The van der Waals surface area contributed by atoms with Crippen molar-refractivity contribution in [2.24, 2.45) is 0 Å². The van der Waals surface area contributed by atoms with Crippen LogP contribution in [0.4, 0.5) is 0 Å². The lowest BCUT2D eigenvalue weighted by atomic mass is 10.2. The Morgan fingerprint density at radius 3 is 1.16 bits per heavy atom. The number of carbonyl (C=O) groups is 1. The van der Waals surface area contributed by atoms with Gasteiger partial charge in [-0.15, -0.1) is 0 Å². The van der Waals surface area contributed by atoms with Gasteiger partial charge in [0.1, 0.15) is 0 Å². The highest BCUT2D eigenvalue weighted by atomic mass is 16.1. The van der Waals surface area contributed by atoms with Gasteiger partial charge in [-0.1, -0.05) is 106 Å². The number of carbonyl (C=O) groups excluding carboxylic acids is 1. The van der Waals surface area contributed by atoms with Crippen molar-refractivity contribution >= 4 is 16.8 Å². The Labute approximate surface area is 228 Å². The number of benzene rings is 1. The van der Waals surface area contributed by atoms with Crippen LogP contribution < -0.4 is 5.32 Å². The highest BCUT2D eigenvalue weighted by Crippen LogP contribution is 2.07. The van der Waals surface area contributed by atoms with Crippen LogP contribution in [0.1, 0.15) is 76.2 Å². The summed E-state index contributed by atoms with van der Waals surface area (Å²) in [6.07, 6.45) is 8.81. The number of hydrogen-bond donors (Lipinski definition) is 1. The van der Waals surface area contributed by atoms with Gasteiger partial charge in [0.2, 0.25) is 5.91 Å². The van der Waals surface area contributed by atoms with E-state index in [1.165, 1.54) is 12.3 Å². The van der Waals surface area contributed by atoms with E-state index < -0.39 is 0 Å². The molecule has 3 aromatic heterocycles. The summed E-state index contributed by atoms with van der Waals surface area (Å²) in [5.41, 5.74) is 1.06. The summed E-state index contributed by atoms with van der Waals surface area (Å²) in [6.45, 7) is 21.5. The van der Waals surface area contributed by atoms with Crippen LogP contribution in [0.3, 0.4) is 0 Å². The van der Waals surface area contributed by atoms with Gasteiger partial charge in [0.25, 0.3) is 0 Å². The molecule has 1 amide bonds. The predicted molar refractivity (Wildman–Crippen MR) is 167 cm³/mol. The number of para-hydroxylation sites is 1. The van der Waals surface area contributed by atoms with Crippen LogP contribution in [0.15, 0.2) is 104 Å². The van der Waals surface area contributed by atoms with E-state index in [1.54, 1.807) is 31.8 Å². The third kappa shape index (κ3) is 37.1. The van der Waals surface area contributed by atoms with E-state index in [9.17, 15) is 4.79 Å². The van der Waals surface area contributed by atoms with Gasteiger partial charge in [-0.25, -0.2) is 0 Å².